The van der Waals surface area contributed by atoms with Crippen LogP contribution in [0.1, 0.15) is 36.4 Å². The Morgan fingerprint density at radius 3 is 3.00 bits per heavy atom. The zero-order valence-electron chi connectivity index (χ0n) is 8.66. The van der Waals surface area contributed by atoms with Crippen LogP contribution < -0.4 is 0 Å². The molecule has 4 heteroatoms. The number of fused-ring (bicyclic) bond motifs is 3. The van der Waals surface area contributed by atoms with Gasteiger partial charge in [0.25, 0.3) is 0 Å². The van der Waals surface area contributed by atoms with E-state index in [1.807, 2.05) is 6.26 Å². The molecule has 1 aromatic heterocycles. The monoisotopic (exact) mass is 240 g/mol. The van der Waals surface area contributed by atoms with Gasteiger partial charge < -0.3 is 0 Å². The third-order valence-corrected chi connectivity index (χ3v) is 4.46. The van der Waals surface area contributed by atoms with Crippen molar-refractivity contribution in [3.05, 3.63) is 16.4 Å². The number of aromatic nitrogens is 2. The summed E-state index contributed by atoms with van der Waals surface area (Å²) in [6.07, 6.45) is 7.07. The van der Waals surface area contributed by atoms with Gasteiger partial charge in [-0.05, 0) is 37.4 Å². The highest BCUT2D eigenvalue weighted by Crippen LogP contribution is 2.49. The molecule has 0 aromatic carbocycles. The lowest BCUT2D eigenvalue weighted by Crippen LogP contribution is -1.99. The van der Waals surface area contributed by atoms with Gasteiger partial charge in [-0.15, -0.1) is 0 Å². The molecular weight excluding hydrogens is 228 g/mol. The van der Waals surface area contributed by atoms with Gasteiger partial charge in [-0.1, -0.05) is 29.8 Å². The van der Waals surface area contributed by atoms with Crippen molar-refractivity contribution in [1.82, 2.24) is 9.97 Å². The molecule has 2 aliphatic carbocycles. The topological polar surface area (TPSA) is 25.8 Å². The molecule has 0 N–H and O–H groups in total. The number of hydrogen-bond donors (Lipinski definition) is 0. The van der Waals surface area contributed by atoms with Crippen LogP contribution in [-0.4, -0.2) is 16.2 Å². The van der Waals surface area contributed by atoms with Crippen molar-refractivity contribution in [3.63, 3.8) is 0 Å². The summed E-state index contributed by atoms with van der Waals surface area (Å²) in [4.78, 5) is 8.92. The van der Waals surface area contributed by atoms with Crippen LogP contribution in [0.5, 0.6) is 0 Å². The van der Waals surface area contributed by atoms with Crippen molar-refractivity contribution in [2.45, 2.75) is 36.8 Å². The highest BCUT2D eigenvalue weighted by Gasteiger charge is 2.39. The smallest absolute Gasteiger partial charge is 0.188 e. The standard InChI is InChI=1S/C11H13ClN2S/c1-15-11-13-8-5-6-3-2-4-7(6)9(8)10(12)14-11/h6-7H,2-5H2,1H3/t6-,7-/m0/s1. The van der Waals surface area contributed by atoms with E-state index >= 15 is 0 Å². The molecule has 0 aliphatic heterocycles. The Kier molecular flexibility index (Phi) is 2.40. The maximum absolute atomic E-state index is 6.26. The van der Waals surface area contributed by atoms with Crippen molar-refractivity contribution >= 4 is 23.4 Å². The van der Waals surface area contributed by atoms with Crippen LogP contribution in [0.15, 0.2) is 5.16 Å². The second-order valence-electron chi connectivity index (χ2n) is 4.36. The first-order valence-corrected chi connectivity index (χ1v) is 7.00. The maximum Gasteiger partial charge on any atom is 0.188 e. The quantitative estimate of drug-likeness (QED) is 0.428. The second kappa shape index (κ2) is 3.63. The second-order valence-corrected chi connectivity index (χ2v) is 5.49. The summed E-state index contributed by atoms with van der Waals surface area (Å²) in [6.45, 7) is 0. The van der Waals surface area contributed by atoms with Gasteiger partial charge >= 0.3 is 0 Å². The third kappa shape index (κ3) is 1.48. The van der Waals surface area contributed by atoms with Crippen LogP contribution >= 0.6 is 23.4 Å². The lowest BCUT2D eigenvalue weighted by molar-refractivity contribution is 0.525. The fourth-order valence-corrected chi connectivity index (χ4v) is 3.75. The highest BCUT2D eigenvalue weighted by molar-refractivity contribution is 7.98. The van der Waals surface area contributed by atoms with Gasteiger partial charge in [0, 0.05) is 5.56 Å². The van der Waals surface area contributed by atoms with Gasteiger partial charge in [-0.25, -0.2) is 9.97 Å². The molecule has 15 heavy (non-hydrogen) atoms. The molecule has 80 valence electrons. The van der Waals surface area contributed by atoms with Crippen LogP contribution in [-0.2, 0) is 6.42 Å². The first-order chi connectivity index (χ1) is 7.29. The molecule has 0 radical (unpaired) electrons. The minimum absolute atomic E-state index is 0.656. The van der Waals surface area contributed by atoms with Gasteiger partial charge in [0.2, 0.25) is 0 Å². The summed E-state index contributed by atoms with van der Waals surface area (Å²) in [5.41, 5.74) is 2.48. The van der Waals surface area contributed by atoms with Gasteiger partial charge in [-0.2, -0.15) is 0 Å². The molecule has 2 nitrogen and oxygen atoms in total. The average Bonchev–Trinajstić information content (AvgIpc) is 2.75. The van der Waals surface area contributed by atoms with Crippen molar-refractivity contribution in [1.29, 1.82) is 0 Å². The minimum atomic E-state index is 0.656. The summed E-state index contributed by atoms with van der Waals surface area (Å²) >= 11 is 7.83. The largest absolute Gasteiger partial charge is 0.227 e. The molecule has 2 aliphatic rings. The number of thioether (sulfide) groups is 1. The first kappa shape index (κ1) is 9.91. The van der Waals surface area contributed by atoms with E-state index in [9.17, 15) is 0 Å². The van der Waals surface area contributed by atoms with Gasteiger partial charge in [-0.3, -0.25) is 0 Å². The lowest BCUT2D eigenvalue weighted by atomic mass is 9.97. The van der Waals surface area contributed by atoms with Crippen molar-refractivity contribution in [3.8, 4) is 0 Å². The van der Waals surface area contributed by atoms with E-state index in [0.717, 1.165) is 17.5 Å². The summed E-state index contributed by atoms with van der Waals surface area (Å²) in [7, 11) is 0. The van der Waals surface area contributed by atoms with E-state index in [1.165, 1.54) is 30.5 Å². The number of hydrogen-bond acceptors (Lipinski definition) is 3. The summed E-state index contributed by atoms with van der Waals surface area (Å²) in [5, 5.41) is 1.53. The Balaban J connectivity index is 2.09. The average molecular weight is 241 g/mol. The fraction of sp³-hybridized carbons (Fsp3) is 0.636. The molecule has 0 amide bonds. The summed E-state index contributed by atoms with van der Waals surface area (Å²) in [6, 6.07) is 0. The lowest BCUT2D eigenvalue weighted by Gasteiger charge is -2.10. The van der Waals surface area contributed by atoms with Crippen LogP contribution in [0.4, 0.5) is 0 Å². The predicted molar refractivity (Wildman–Crippen MR) is 62.6 cm³/mol. The van der Waals surface area contributed by atoms with Crippen LogP contribution in [0.3, 0.4) is 0 Å². The SMILES string of the molecule is CSc1nc(Cl)c2c(n1)C[C@@H]1CCC[C@H]21. The number of rotatable bonds is 1. The van der Waals surface area contributed by atoms with Gasteiger partial charge in [0.05, 0.1) is 5.69 Å². The van der Waals surface area contributed by atoms with Gasteiger partial charge in [0.15, 0.2) is 5.16 Å². The third-order valence-electron chi connectivity index (χ3n) is 3.63. The van der Waals surface area contributed by atoms with Crippen LogP contribution in [0, 0.1) is 5.92 Å². The fourth-order valence-electron chi connectivity index (χ4n) is 2.99. The number of nitrogens with zero attached hydrogens (tertiary/aromatic N) is 2. The number of halogens is 1. The Labute approximate surface area is 98.8 Å². The zero-order valence-corrected chi connectivity index (χ0v) is 10.2. The zero-order chi connectivity index (χ0) is 10.4. The van der Waals surface area contributed by atoms with E-state index < -0.39 is 0 Å². The highest BCUT2D eigenvalue weighted by atomic mass is 35.5. The van der Waals surface area contributed by atoms with Crippen molar-refractivity contribution < 1.29 is 0 Å². The van der Waals surface area contributed by atoms with Crippen LogP contribution in [0.2, 0.25) is 5.15 Å². The van der Waals surface area contributed by atoms with Gasteiger partial charge in [0.1, 0.15) is 5.15 Å². The molecule has 0 unspecified atom stereocenters. The summed E-state index contributed by atoms with van der Waals surface area (Å²) in [5.74, 6) is 1.45. The van der Waals surface area contributed by atoms with E-state index in [2.05, 4.69) is 9.97 Å². The minimum Gasteiger partial charge on any atom is -0.227 e. The van der Waals surface area contributed by atoms with E-state index in [4.69, 9.17) is 11.6 Å². The Morgan fingerprint density at radius 1 is 1.33 bits per heavy atom. The Morgan fingerprint density at radius 2 is 2.20 bits per heavy atom. The molecule has 1 heterocycles. The molecule has 1 fully saturated rings. The van der Waals surface area contributed by atoms with E-state index in [0.29, 0.717) is 11.1 Å². The van der Waals surface area contributed by atoms with E-state index in [1.54, 1.807) is 11.8 Å². The van der Waals surface area contributed by atoms with E-state index in [-0.39, 0.29) is 0 Å². The van der Waals surface area contributed by atoms with Crippen LogP contribution in [0.25, 0.3) is 0 Å². The molecule has 1 saturated carbocycles. The maximum atomic E-state index is 6.26. The molecular formula is C11H13ClN2S. The molecule has 1 aromatic rings. The first-order valence-electron chi connectivity index (χ1n) is 5.40. The van der Waals surface area contributed by atoms with Crippen molar-refractivity contribution in [2.24, 2.45) is 5.92 Å². The normalized spacial score (nSPS) is 27.9. The Hall–Kier alpha value is -0.280. The molecule has 0 spiro atoms. The Bertz CT molecular complexity index is 408. The molecule has 0 bridgehead atoms. The molecule has 0 saturated heterocycles. The van der Waals surface area contributed by atoms with Crippen molar-refractivity contribution in [2.75, 3.05) is 6.26 Å². The summed E-state index contributed by atoms with van der Waals surface area (Å²) < 4.78 is 0. The molecule has 3 rings (SSSR count). The predicted octanol–water partition coefficient (Wildman–Crippen LogP) is 3.29. The molecule has 2 atom stereocenters.